The monoisotopic (exact) mass is 342 g/mol. The van der Waals surface area contributed by atoms with Crippen molar-refractivity contribution in [3.8, 4) is 5.88 Å². The summed E-state index contributed by atoms with van der Waals surface area (Å²) >= 11 is 5.89. The molecule has 1 amide bonds. The molecular weight excluding hydrogens is 328 g/mol. The Bertz CT molecular complexity index is 829. The SMILES string of the molecule is COc1ccc(C(=O)Nc2ccnn2Cc2ccc(Cl)cc2)cn1. The molecule has 0 unspecified atom stereocenters. The van der Waals surface area contributed by atoms with Gasteiger partial charge in [-0.15, -0.1) is 0 Å². The second kappa shape index (κ2) is 7.14. The summed E-state index contributed by atoms with van der Waals surface area (Å²) in [6.45, 7) is 0.528. The Kier molecular flexibility index (Phi) is 4.77. The summed E-state index contributed by atoms with van der Waals surface area (Å²) in [5.74, 6) is 0.799. The molecule has 0 spiro atoms. The number of nitrogens with one attached hydrogen (secondary N) is 1. The number of hydrogen-bond acceptors (Lipinski definition) is 4. The van der Waals surface area contributed by atoms with Crippen LogP contribution in [0.5, 0.6) is 5.88 Å². The highest BCUT2D eigenvalue weighted by molar-refractivity contribution is 6.30. The molecule has 0 aliphatic heterocycles. The molecule has 2 aromatic heterocycles. The van der Waals surface area contributed by atoms with Crippen molar-refractivity contribution in [3.05, 3.63) is 71.0 Å². The lowest BCUT2D eigenvalue weighted by Crippen LogP contribution is -2.16. The number of anilines is 1. The van der Waals surface area contributed by atoms with Crippen molar-refractivity contribution in [1.82, 2.24) is 14.8 Å². The molecule has 0 radical (unpaired) electrons. The van der Waals surface area contributed by atoms with Crippen molar-refractivity contribution < 1.29 is 9.53 Å². The van der Waals surface area contributed by atoms with E-state index in [9.17, 15) is 4.79 Å². The number of benzene rings is 1. The fourth-order valence-electron chi connectivity index (χ4n) is 2.15. The summed E-state index contributed by atoms with van der Waals surface area (Å²) in [7, 11) is 1.53. The van der Waals surface area contributed by atoms with Crippen LogP contribution >= 0.6 is 11.6 Å². The van der Waals surface area contributed by atoms with Crippen LogP contribution in [-0.4, -0.2) is 27.8 Å². The summed E-state index contributed by atoms with van der Waals surface area (Å²) in [5, 5.41) is 7.75. The molecule has 0 aliphatic carbocycles. The molecule has 0 saturated carbocycles. The summed E-state index contributed by atoms with van der Waals surface area (Å²) in [5.41, 5.74) is 1.47. The molecule has 122 valence electrons. The molecule has 1 aromatic carbocycles. The van der Waals surface area contributed by atoms with Crippen molar-refractivity contribution in [3.63, 3.8) is 0 Å². The third-order valence-electron chi connectivity index (χ3n) is 3.41. The van der Waals surface area contributed by atoms with Crippen LogP contribution in [-0.2, 0) is 6.54 Å². The van der Waals surface area contributed by atoms with Gasteiger partial charge < -0.3 is 10.1 Å². The number of halogens is 1. The van der Waals surface area contributed by atoms with Gasteiger partial charge in [0, 0.05) is 23.4 Å². The number of aromatic nitrogens is 3. The standard InChI is InChI=1S/C17H15ClN4O2/c1-24-16-7-4-13(10-19-16)17(23)21-15-8-9-20-22(15)11-12-2-5-14(18)6-3-12/h2-10H,11H2,1H3,(H,21,23). The van der Waals surface area contributed by atoms with Crippen molar-refractivity contribution in [2.24, 2.45) is 0 Å². The number of nitrogens with zero attached hydrogens (tertiary/aromatic N) is 3. The quantitative estimate of drug-likeness (QED) is 0.772. The maximum absolute atomic E-state index is 12.3. The Labute approximate surface area is 144 Å². The van der Waals surface area contributed by atoms with E-state index in [1.807, 2.05) is 24.3 Å². The van der Waals surface area contributed by atoms with Crippen LogP contribution in [0.2, 0.25) is 5.02 Å². The van der Waals surface area contributed by atoms with Crippen LogP contribution in [0.25, 0.3) is 0 Å². The first kappa shape index (κ1) is 16.0. The highest BCUT2D eigenvalue weighted by Gasteiger charge is 2.10. The Hall–Kier alpha value is -2.86. The molecule has 3 rings (SSSR count). The second-order valence-corrected chi connectivity index (χ2v) is 5.48. The molecule has 0 saturated heterocycles. The van der Waals surface area contributed by atoms with Gasteiger partial charge in [-0.2, -0.15) is 5.10 Å². The van der Waals surface area contributed by atoms with E-state index < -0.39 is 0 Å². The van der Waals surface area contributed by atoms with Gasteiger partial charge in [0.1, 0.15) is 5.82 Å². The second-order valence-electron chi connectivity index (χ2n) is 5.04. The predicted molar refractivity (Wildman–Crippen MR) is 91.5 cm³/mol. The van der Waals surface area contributed by atoms with Gasteiger partial charge in [0.05, 0.1) is 25.4 Å². The van der Waals surface area contributed by atoms with E-state index in [1.54, 1.807) is 29.1 Å². The first-order valence-corrected chi connectivity index (χ1v) is 7.61. The molecule has 6 nitrogen and oxygen atoms in total. The number of carbonyl (C=O) groups excluding carboxylic acids is 1. The van der Waals surface area contributed by atoms with E-state index >= 15 is 0 Å². The third kappa shape index (κ3) is 3.72. The molecule has 0 bridgehead atoms. The van der Waals surface area contributed by atoms with Gasteiger partial charge in [-0.25, -0.2) is 9.67 Å². The van der Waals surface area contributed by atoms with E-state index in [-0.39, 0.29) is 5.91 Å². The Morgan fingerprint density at radius 3 is 2.67 bits per heavy atom. The Morgan fingerprint density at radius 1 is 1.21 bits per heavy atom. The molecule has 3 aromatic rings. The Balaban J connectivity index is 1.72. The fraction of sp³-hybridized carbons (Fsp3) is 0.118. The smallest absolute Gasteiger partial charge is 0.258 e. The average Bonchev–Trinajstić information content (AvgIpc) is 3.03. The number of methoxy groups -OCH3 is 1. The number of hydrogen-bond donors (Lipinski definition) is 1. The van der Waals surface area contributed by atoms with Crippen molar-refractivity contribution in [2.75, 3.05) is 12.4 Å². The third-order valence-corrected chi connectivity index (χ3v) is 3.66. The number of amides is 1. The van der Waals surface area contributed by atoms with Crippen LogP contribution in [0.4, 0.5) is 5.82 Å². The highest BCUT2D eigenvalue weighted by atomic mass is 35.5. The molecule has 0 atom stereocenters. The predicted octanol–water partition coefficient (Wildman–Crippen LogP) is 3.24. The average molecular weight is 343 g/mol. The minimum Gasteiger partial charge on any atom is -0.481 e. The minimum atomic E-state index is -0.261. The molecular formula is C17H15ClN4O2. The first-order valence-electron chi connectivity index (χ1n) is 7.23. The highest BCUT2D eigenvalue weighted by Crippen LogP contribution is 2.15. The summed E-state index contributed by atoms with van der Waals surface area (Å²) in [4.78, 5) is 16.3. The molecule has 1 N–H and O–H groups in total. The topological polar surface area (TPSA) is 69.0 Å². The normalized spacial score (nSPS) is 10.4. The van der Waals surface area contributed by atoms with E-state index in [4.69, 9.17) is 16.3 Å². The lowest BCUT2D eigenvalue weighted by atomic mass is 10.2. The first-order chi connectivity index (χ1) is 11.7. The Morgan fingerprint density at radius 2 is 2.00 bits per heavy atom. The summed E-state index contributed by atoms with van der Waals surface area (Å²) in [6.07, 6.45) is 3.10. The van der Waals surface area contributed by atoms with E-state index in [1.165, 1.54) is 13.3 Å². The summed E-state index contributed by atoms with van der Waals surface area (Å²) in [6, 6.07) is 12.5. The molecule has 24 heavy (non-hydrogen) atoms. The van der Waals surface area contributed by atoms with Gasteiger partial charge in [0.15, 0.2) is 0 Å². The zero-order chi connectivity index (χ0) is 16.9. The molecule has 0 fully saturated rings. The largest absolute Gasteiger partial charge is 0.481 e. The summed E-state index contributed by atoms with van der Waals surface area (Å²) < 4.78 is 6.69. The van der Waals surface area contributed by atoms with Crippen molar-refractivity contribution in [2.45, 2.75) is 6.54 Å². The number of pyridine rings is 1. The van der Waals surface area contributed by atoms with E-state index in [0.717, 1.165) is 5.56 Å². The maximum atomic E-state index is 12.3. The molecule has 2 heterocycles. The maximum Gasteiger partial charge on any atom is 0.258 e. The van der Waals surface area contributed by atoms with Gasteiger partial charge in [-0.3, -0.25) is 4.79 Å². The number of rotatable bonds is 5. The minimum absolute atomic E-state index is 0.261. The van der Waals surface area contributed by atoms with Crippen molar-refractivity contribution in [1.29, 1.82) is 0 Å². The molecule has 0 aliphatic rings. The van der Waals surface area contributed by atoms with Gasteiger partial charge in [-0.1, -0.05) is 23.7 Å². The van der Waals surface area contributed by atoms with Crippen LogP contribution in [0.1, 0.15) is 15.9 Å². The number of carbonyl (C=O) groups is 1. The van der Waals surface area contributed by atoms with E-state index in [2.05, 4.69) is 15.4 Å². The van der Waals surface area contributed by atoms with Crippen molar-refractivity contribution >= 4 is 23.3 Å². The van der Waals surface area contributed by atoms with E-state index in [0.29, 0.717) is 28.8 Å². The fourth-order valence-corrected chi connectivity index (χ4v) is 2.28. The molecule has 7 heteroatoms. The van der Waals surface area contributed by atoms with Crippen LogP contribution < -0.4 is 10.1 Å². The van der Waals surface area contributed by atoms with Crippen LogP contribution in [0.3, 0.4) is 0 Å². The van der Waals surface area contributed by atoms with Gasteiger partial charge >= 0.3 is 0 Å². The zero-order valence-corrected chi connectivity index (χ0v) is 13.7. The lowest BCUT2D eigenvalue weighted by molar-refractivity contribution is 0.102. The van der Waals surface area contributed by atoms with Crippen LogP contribution in [0.15, 0.2) is 54.9 Å². The van der Waals surface area contributed by atoms with Crippen LogP contribution in [0, 0.1) is 0 Å². The van der Waals surface area contributed by atoms with Gasteiger partial charge in [-0.05, 0) is 23.8 Å². The number of ether oxygens (including phenoxy) is 1. The van der Waals surface area contributed by atoms with Gasteiger partial charge in [0.2, 0.25) is 5.88 Å². The zero-order valence-electron chi connectivity index (χ0n) is 12.9. The lowest BCUT2D eigenvalue weighted by Gasteiger charge is -2.09. The van der Waals surface area contributed by atoms with Gasteiger partial charge in [0.25, 0.3) is 5.91 Å².